The van der Waals surface area contributed by atoms with Gasteiger partial charge in [-0.1, -0.05) is 39.0 Å². The summed E-state index contributed by atoms with van der Waals surface area (Å²) in [5.74, 6) is 0.246. The van der Waals surface area contributed by atoms with Crippen LogP contribution in [0, 0.1) is 11.7 Å². The summed E-state index contributed by atoms with van der Waals surface area (Å²) in [6.07, 6.45) is 1.52. The molecule has 0 heterocycles. The van der Waals surface area contributed by atoms with Gasteiger partial charge in [0.05, 0.1) is 5.60 Å². The molecule has 1 rings (SSSR count). The van der Waals surface area contributed by atoms with Crippen LogP contribution in [-0.2, 0) is 0 Å². The monoisotopic (exact) mass is 267 g/mol. The van der Waals surface area contributed by atoms with Crippen LogP contribution in [0.1, 0.15) is 52.1 Å². The van der Waals surface area contributed by atoms with Crippen LogP contribution in [0.2, 0.25) is 0 Å². The third kappa shape index (κ3) is 5.29. The third-order valence-electron chi connectivity index (χ3n) is 3.27. The summed E-state index contributed by atoms with van der Waals surface area (Å²) < 4.78 is 13.8. The molecule has 0 bridgehead atoms. The molecule has 1 aromatic rings. The van der Waals surface area contributed by atoms with Crippen LogP contribution in [0.25, 0.3) is 0 Å². The lowest BCUT2D eigenvalue weighted by Gasteiger charge is -2.28. The van der Waals surface area contributed by atoms with Gasteiger partial charge in [0, 0.05) is 18.2 Å². The van der Waals surface area contributed by atoms with Crippen LogP contribution in [0.5, 0.6) is 0 Å². The fourth-order valence-corrected chi connectivity index (χ4v) is 2.53. The highest BCUT2D eigenvalue weighted by Crippen LogP contribution is 2.22. The highest BCUT2D eigenvalue weighted by molar-refractivity contribution is 5.21. The van der Waals surface area contributed by atoms with Gasteiger partial charge in [-0.3, -0.25) is 0 Å². The summed E-state index contributed by atoms with van der Waals surface area (Å²) in [6.45, 7) is 8.48. The summed E-state index contributed by atoms with van der Waals surface area (Å²) in [7, 11) is 0. The first-order valence-corrected chi connectivity index (χ1v) is 7.06. The summed E-state index contributed by atoms with van der Waals surface area (Å²) in [4.78, 5) is 0. The molecule has 0 saturated heterocycles. The second kappa shape index (κ2) is 7.01. The van der Waals surface area contributed by atoms with Crippen LogP contribution in [0.15, 0.2) is 24.3 Å². The Morgan fingerprint density at radius 2 is 1.95 bits per heavy atom. The van der Waals surface area contributed by atoms with Crippen molar-refractivity contribution in [1.82, 2.24) is 5.32 Å². The minimum atomic E-state index is -0.757. The molecule has 0 aliphatic carbocycles. The molecular formula is C16H26FNO. The first-order chi connectivity index (χ1) is 8.85. The van der Waals surface area contributed by atoms with Crippen molar-refractivity contribution in [3.05, 3.63) is 35.6 Å². The van der Waals surface area contributed by atoms with E-state index in [0.717, 1.165) is 12.8 Å². The molecule has 0 aliphatic heterocycles. The molecule has 19 heavy (non-hydrogen) atoms. The van der Waals surface area contributed by atoms with Gasteiger partial charge in [0.15, 0.2) is 0 Å². The van der Waals surface area contributed by atoms with Gasteiger partial charge in [-0.15, -0.1) is 0 Å². The highest BCUT2D eigenvalue weighted by atomic mass is 19.1. The number of benzene rings is 1. The quantitative estimate of drug-likeness (QED) is 0.790. The van der Waals surface area contributed by atoms with Crippen LogP contribution < -0.4 is 5.32 Å². The average Bonchev–Trinajstić information content (AvgIpc) is 2.30. The SMILES string of the molecule is CCC(NCC(C)(O)CC(C)C)c1ccccc1F. The minimum Gasteiger partial charge on any atom is -0.389 e. The third-order valence-corrected chi connectivity index (χ3v) is 3.27. The van der Waals surface area contributed by atoms with E-state index < -0.39 is 5.60 Å². The maximum absolute atomic E-state index is 13.8. The van der Waals surface area contributed by atoms with Gasteiger partial charge in [0.2, 0.25) is 0 Å². The van der Waals surface area contributed by atoms with Crippen molar-refractivity contribution in [3.63, 3.8) is 0 Å². The van der Waals surface area contributed by atoms with Crippen molar-refractivity contribution >= 4 is 0 Å². The van der Waals surface area contributed by atoms with E-state index in [9.17, 15) is 9.50 Å². The number of aliphatic hydroxyl groups is 1. The van der Waals surface area contributed by atoms with E-state index in [1.807, 2.05) is 19.9 Å². The van der Waals surface area contributed by atoms with E-state index in [-0.39, 0.29) is 11.9 Å². The van der Waals surface area contributed by atoms with E-state index in [1.54, 1.807) is 12.1 Å². The Morgan fingerprint density at radius 1 is 1.32 bits per heavy atom. The number of hydrogen-bond donors (Lipinski definition) is 2. The van der Waals surface area contributed by atoms with E-state index in [2.05, 4.69) is 19.2 Å². The van der Waals surface area contributed by atoms with Gasteiger partial charge in [-0.25, -0.2) is 4.39 Å². The Labute approximate surface area is 116 Å². The number of halogens is 1. The molecule has 0 amide bonds. The van der Waals surface area contributed by atoms with Gasteiger partial charge < -0.3 is 10.4 Å². The van der Waals surface area contributed by atoms with E-state index >= 15 is 0 Å². The summed E-state index contributed by atoms with van der Waals surface area (Å²) >= 11 is 0. The van der Waals surface area contributed by atoms with Crippen molar-refractivity contribution in [2.45, 2.75) is 52.2 Å². The molecule has 0 spiro atoms. The molecule has 2 N–H and O–H groups in total. The fraction of sp³-hybridized carbons (Fsp3) is 0.625. The smallest absolute Gasteiger partial charge is 0.127 e. The van der Waals surface area contributed by atoms with Crippen LogP contribution in [0.3, 0.4) is 0 Å². The Hall–Kier alpha value is -0.930. The van der Waals surface area contributed by atoms with Gasteiger partial charge in [-0.05, 0) is 31.7 Å². The van der Waals surface area contributed by atoms with Crippen molar-refractivity contribution in [2.24, 2.45) is 5.92 Å². The zero-order valence-corrected chi connectivity index (χ0v) is 12.4. The largest absolute Gasteiger partial charge is 0.389 e. The van der Waals surface area contributed by atoms with Gasteiger partial charge >= 0.3 is 0 Å². The first kappa shape index (κ1) is 16.1. The molecule has 2 atom stereocenters. The zero-order valence-electron chi connectivity index (χ0n) is 12.4. The second-order valence-corrected chi connectivity index (χ2v) is 5.96. The average molecular weight is 267 g/mol. The molecular weight excluding hydrogens is 241 g/mol. The van der Waals surface area contributed by atoms with E-state index in [4.69, 9.17) is 0 Å². The Morgan fingerprint density at radius 3 is 2.47 bits per heavy atom. The van der Waals surface area contributed by atoms with Gasteiger partial charge in [-0.2, -0.15) is 0 Å². The van der Waals surface area contributed by atoms with Crippen LogP contribution >= 0.6 is 0 Å². The summed E-state index contributed by atoms with van der Waals surface area (Å²) in [6, 6.07) is 6.76. The lowest BCUT2D eigenvalue weighted by Crippen LogP contribution is -2.40. The normalized spacial score (nSPS) is 16.4. The lowest BCUT2D eigenvalue weighted by atomic mass is 9.93. The molecule has 3 heteroatoms. The van der Waals surface area contributed by atoms with Crippen molar-refractivity contribution < 1.29 is 9.50 Å². The first-order valence-electron chi connectivity index (χ1n) is 7.06. The molecule has 108 valence electrons. The maximum Gasteiger partial charge on any atom is 0.127 e. The predicted octanol–water partition coefficient (Wildman–Crippen LogP) is 3.66. The number of hydrogen-bond acceptors (Lipinski definition) is 2. The predicted molar refractivity (Wildman–Crippen MR) is 77.5 cm³/mol. The Kier molecular flexibility index (Phi) is 5.95. The molecule has 0 radical (unpaired) electrons. The molecule has 2 unspecified atom stereocenters. The Bertz CT molecular complexity index is 390. The number of nitrogens with one attached hydrogen (secondary N) is 1. The Balaban J connectivity index is 2.66. The van der Waals surface area contributed by atoms with Crippen molar-refractivity contribution in [2.75, 3.05) is 6.54 Å². The zero-order chi connectivity index (χ0) is 14.5. The topological polar surface area (TPSA) is 32.3 Å². The molecule has 2 nitrogen and oxygen atoms in total. The highest BCUT2D eigenvalue weighted by Gasteiger charge is 2.23. The molecule has 1 aromatic carbocycles. The van der Waals surface area contributed by atoms with Gasteiger partial charge in [0.25, 0.3) is 0 Å². The standard InChI is InChI=1S/C16H26FNO/c1-5-15(13-8-6-7-9-14(13)17)18-11-16(4,19)10-12(2)3/h6-9,12,15,18-19H,5,10-11H2,1-4H3. The van der Waals surface area contributed by atoms with Crippen LogP contribution in [0.4, 0.5) is 4.39 Å². The maximum atomic E-state index is 13.8. The molecule has 0 fully saturated rings. The van der Waals surface area contributed by atoms with Crippen LogP contribution in [-0.4, -0.2) is 17.3 Å². The van der Waals surface area contributed by atoms with Crippen molar-refractivity contribution in [3.8, 4) is 0 Å². The lowest BCUT2D eigenvalue weighted by molar-refractivity contribution is 0.0356. The molecule has 0 aromatic heterocycles. The molecule has 0 saturated carbocycles. The second-order valence-electron chi connectivity index (χ2n) is 5.96. The van der Waals surface area contributed by atoms with E-state index in [1.165, 1.54) is 6.07 Å². The minimum absolute atomic E-state index is 0.0557. The molecule has 0 aliphatic rings. The van der Waals surface area contributed by atoms with Gasteiger partial charge in [0.1, 0.15) is 5.82 Å². The summed E-state index contributed by atoms with van der Waals surface area (Å²) in [5, 5.41) is 13.6. The summed E-state index contributed by atoms with van der Waals surface area (Å²) in [5.41, 5.74) is -0.0855. The van der Waals surface area contributed by atoms with Crippen molar-refractivity contribution in [1.29, 1.82) is 0 Å². The van der Waals surface area contributed by atoms with E-state index in [0.29, 0.717) is 18.0 Å². The fourth-order valence-electron chi connectivity index (χ4n) is 2.53. The number of rotatable bonds is 7.